The largest absolute Gasteiger partial charge is 0.337 e. The highest BCUT2D eigenvalue weighted by atomic mass is 16.2. The molecule has 0 spiro atoms. The van der Waals surface area contributed by atoms with Crippen molar-refractivity contribution in [1.29, 1.82) is 0 Å². The van der Waals surface area contributed by atoms with Crippen LogP contribution in [0.3, 0.4) is 0 Å². The fourth-order valence-electron chi connectivity index (χ4n) is 3.98. The molecule has 0 bridgehead atoms. The van der Waals surface area contributed by atoms with Gasteiger partial charge in [0.2, 0.25) is 5.91 Å². The van der Waals surface area contributed by atoms with Crippen LogP contribution in [0.4, 0.5) is 11.4 Å². The summed E-state index contributed by atoms with van der Waals surface area (Å²) in [5, 5.41) is 2.73. The summed E-state index contributed by atoms with van der Waals surface area (Å²) in [5.74, 6) is -0.832. The average molecular weight is 440 g/mol. The second-order valence-electron chi connectivity index (χ2n) is 7.74. The molecule has 3 aromatic carbocycles. The fraction of sp³-hybridized carbons (Fsp3) is 0.148. The second-order valence-corrected chi connectivity index (χ2v) is 7.74. The summed E-state index contributed by atoms with van der Waals surface area (Å²) in [5.41, 5.74) is 3.69. The molecule has 0 fully saturated rings. The Morgan fingerprint density at radius 3 is 2.03 bits per heavy atom. The number of likely N-dealkylation sites (N-methyl/N-ethyl adjacent to an activating group) is 1. The molecule has 3 aromatic rings. The summed E-state index contributed by atoms with van der Waals surface area (Å²) in [6, 6.07) is 26.0. The summed E-state index contributed by atoms with van der Waals surface area (Å²) >= 11 is 0. The number of hydrogen-bond acceptors (Lipinski definition) is 4. The lowest BCUT2D eigenvalue weighted by molar-refractivity contribution is -0.137. The molecule has 0 saturated carbocycles. The van der Waals surface area contributed by atoms with Crippen LogP contribution in [0.1, 0.15) is 25.0 Å². The lowest BCUT2D eigenvalue weighted by Crippen LogP contribution is -2.34. The quantitative estimate of drug-likeness (QED) is 0.552. The van der Waals surface area contributed by atoms with Gasteiger partial charge in [0, 0.05) is 24.8 Å². The number of carbonyl (C=O) groups excluding carboxylic acids is 3. The van der Waals surface area contributed by atoms with Crippen molar-refractivity contribution in [2.75, 3.05) is 16.8 Å². The maximum atomic E-state index is 13.6. The minimum absolute atomic E-state index is 0.176. The molecular formula is C27H25N3O3. The van der Waals surface area contributed by atoms with Crippen molar-refractivity contribution in [3.8, 4) is 0 Å². The number of rotatable bonds is 7. The number of hydrogen-bond donors (Lipinski definition) is 1. The van der Waals surface area contributed by atoms with Crippen LogP contribution in [-0.4, -0.2) is 29.2 Å². The van der Waals surface area contributed by atoms with Crippen LogP contribution in [0.25, 0.3) is 5.57 Å². The third-order valence-electron chi connectivity index (χ3n) is 5.48. The van der Waals surface area contributed by atoms with Gasteiger partial charge < -0.3 is 10.2 Å². The Morgan fingerprint density at radius 1 is 0.848 bits per heavy atom. The summed E-state index contributed by atoms with van der Waals surface area (Å²) in [7, 11) is 0. The third-order valence-corrected chi connectivity index (χ3v) is 5.48. The topological polar surface area (TPSA) is 69.7 Å². The van der Waals surface area contributed by atoms with Crippen LogP contribution >= 0.6 is 0 Å². The van der Waals surface area contributed by atoms with Crippen molar-refractivity contribution in [3.63, 3.8) is 0 Å². The summed E-state index contributed by atoms with van der Waals surface area (Å²) in [6.07, 6.45) is 0. The number of amides is 3. The normalized spacial score (nSPS) is 13.5. The lowest BCUT2D eigenvalue weighted by atomic mass is 10.0. The van der Waals surface area contributed by atoms with Crippen molar-refractivity contribution in [2.45, 2.75) is 20.4 Å². The highest BCUT2D eigenvalue weighted by molar-refractivity contribution is 6.36. The molecule has 0 radical (unpaired) electrons. The molecule has 1 aliphatic rings. The van der Waals surface area contributed by atoms with Crippen LogP contribution < -0.4 is 10.2 Å². The molecule has 3 amide bonds. The van der Waals surface area contributed by atoms with Gasteiger partial charge in [-0.25, -0.2) is 0 Å². The van der Waals surface area contributed by atoms with Crippen molar-refractivity contribution >= 4 is 34.7 Å². The molecule has 1 aliphatic heterocycles. The van der Waals surface area contributed by atoms with Crippen LogP contribution in [0.15, 0.2) is 90.6 Å². The van der Waals surface area contributed by atoms with Gasteiger partial charge >= 0.3 is 0 Å². The molecule has 166 valence electrons. The Bertz CT molecular complexity index is 1200. The molecule has 33 heavy (non-hydrogen) atoms. The molecule has 0 saturated heterocycles. The van der Waals surface area contributed by atoms with E-state index in [1.807, 2.05) is 72.5 Å². The molecule has 0 aromatic heterocycles. The smallest absolute Gasteiger partial charge is 0.278 e. The summed E-state index contributed by atoms with van der Waals surface area (Å²) in [4.78, 5) is 41.8. The van der Waals surface area contributed by atoms with Gasteiger partial charge in [-0.2, -0.15) is 0 Å². The Hall–Kier alpha value is -4.19. The van der Waals surface area contributed by atoms with Crippen molar-refractivity contribution in [1.82, 2.24) is 4.90 Å². The van der Waals surface area contributed by atoms with Gasteiger partial charge in [-0.3, -0.25) is 19.3 Å². The standard InChI is InChI=1S/C27H25N3O3/c1-3-29(23-12-8-5-9-13-23)25-24(21-14-16-22(17-15-21)28-19(2)31)26(32)30(27(25)33)18-20-10-6-4-7-11-20/h4-17H,3,18H2,1-2H3,(H,28,31). The Balaban J connectivity index is 1.79. The molecule has 0 atom stereocenters. The number of imide groups is 1. The summed E-state index contributed by atoms with van der Waals surface area (Å²) in [6.45, 7) is 4.11. The molecule has 6 nitrogen and oxygen atoms in total. The van der Waals surface area contributed by atoms with E-state index in [0.29, 0.717) is 29.1 Å². The first-order chi connectivity index (χ1) is 16.0. The predicted molar refractivity (Wildman–Crippen MR) is 129 cm³/mol. The highest BCUT2D eigenvalue weighted by Gasteiger charge is 2.41. The van der Waals surface area contributed by atoms with Gasteiger partial charge in [-0.05, 0) is 42.3 Å². The van der Waals surface area contributed by atoms with Gasteiger partial charge in [0.1, 0.15) is 5.70 Å². The van der Waals surface area contributed by atoms with Gasteiger partial charge in [-0.1, -0.05) is 60.7 Å². The van der Waals surface area contributed by atoms with Gasteiger partial charge in [-0.15, -0.1) is 0 Å². The predicted octanol–water partition coefficient (Wildman–Crippen LogP) is 4.45. The minimum Gasteiger partial charge on any atom is -0.337 e. The first-order valence-electron chi connectivity index (χ1n) is 10.8. The Kier molecular flexibility index (Phi) is 6.36. The first-order valence-corrected chi connectivity index (χ1v) is 10.8. The molecule has 1 N–H and O–H groups in total. The lowest BCUT2D eigenvalue weighted by Gasteiger charge is -2.25. The van der Waals surface area contributed by atoms with Crippen LogP contribution in [0.2, 0.25) is 0 Å². The van der Waals surface area contributed by atoms with E-state index in [0.717, 1.165) is 11.3 Å². The summed E-state index contributed by atoms with van der Waals surface area (Å²) < 4.78 is 0. The van der Waals surface area contributed by atoms with E-state index in [4.69, 9.17) is 0 Å². The monoisotopic (exact) mass is 439 g/mol. The maximum absolute atomic E-state index is 13.6. The van der Waals surface area contributed by atoms with Crippen molar-refractivity contribution in [2.24, 2.45) is 0 Å². The van der Waals surface area contributed by atoms with E-state index >= 15 is 0 Å². The van der Waals surface area contributed by atoms with Crippen molar-refractivity contribution < 1.29 is 14.4 Å². The van der Waals surface area contributed by atoms with Crippen LogP contribution in [-0.2, 0) is 20.9 Å². The number of benzene rings is 3. The average Bonchev–Trinajstić information content (AvgIpc) is 3.06. The third kappa shape index (κ3) is 4.55. The molecule has 1 heterocycles. The minimum atomic E-state index is -0.333. The number of nitrogens with zero attached hydrogens (tertiary/aromatic N) is 2. The van der Waals surface area contributed by atoms with Crippen molar-refractivity contribution in [3.05, 3.63) is 102 Å². The zero-order valence-corrected chi connectivity index (χ0v) is 18.6. The number of anilines is 2. The number of para-hydroxylation sites is 1. The molecule has 0 unspecified atom stereocenters. The first kappa shape index (κ1) is 22.0. The Labute approximate surface area is 193 Å². The van der Waals surface area contributed by atoms with E-state index < -0.39 is 0 Å². The highest BCUT2D eigenvalue weighted by Crippen LogP contribution is 2.35. The molecular weight excluding hydrogens is 414 g/mol. The van der Waals surface area contributed by atoms with Gasteiger partial charge in [0.25, 0.3) is 11.8 Å². The molecule has 6 heteroatoms. The fourth-order valence-corrected chi connectivity index (χ4v) is 3.98. The second kappa shape index (κ2) is 9.53. The maximum Gasteiger partial charge on any atom is 0.278 e. The van der Waals surface area contributed by atoms with E-state index in [9.17, 15) is 14.4 Å². The van der Waals surface area contributed by atoms with E-state index in [-0.39, 0.29) is 24.3 Å². The SMILES string of the molecule is CCN(C1=C(c2ccc(NC(C)=O)cc2)C(=O)N(Cc2ccccc2)C1=O)c1ccccc1. The Morgan fingerprint density at radius 2 is 1.45 bits per heavy atom. The van der Waals surface area contributed by atoms with Gasteiger partial charge in [0.15, 0.2) is 0 Å². The molecule has 0 aliphatic carbocycles. The number of carbonyl (C=O) groups is 3. The van der Waals surface area contributed by atoms with E-state index in [1.165, 1.54) is 11.8 Å². The zero-order valence-electron chi connectivity index (χ0n) is 18.6. The van der Waals surface area contributed by atoms with E-state index in [1.54, 1.807) is 24.3 Å². The van der Waals surface area contributed by atoms with E-state index in [2.05, 4.69) is 5.32 Å². The zero-order chi connectivity index (χ0) is 23.4. The van der Waals surface area contributed by atoms with Crippen LogP contribution in [0, 0.1) is 0 Å². The number of nitrogens with one attached hydrogen (secondary N) is 1. The van der Waals surface area contributed by atoms with Crippen LogP contribution in [0.5, 0.6) is 0 Å². The van der Waals surface area contributed by atoms with Gasteiger partial charge in [0.05, 0.1) is 12.1 Å². The molecule has 4 rings (SSSR count).